The Morgan fingerprint density at radius 3 is 2.56 bits per heavy atom. The Bertz CT molecular complexity index is 918. The molecule has 7 nitrogen and oxygen atoms in total. The highest BCUT2D eigenvalue weighted by atomic mass is 35.5. The molecule has 0 aliphatic heterocycles. The number of methoxy groups -OCH3 is 1. The Morgan fingerprint density at radius 2 is 1.89 bits per heavy atom. The number of hydrogen-bond donors (Lipinski definition) is 2. The minimum Gasteiger partial charge on any atom is -0.495 e. The van der Waals surface area contributed by atoms with Crippen molar-refractivity contribution in [2.24, 2.45) is 0 Å². The quantitative estimate of drug-likeness (QED) is 0.695. The number of hydrogen-bond acceptors (Lipinski definition) is 5. The molecule has 146 valence electrons. The molecule has 2 rings (SSSR count). The van der Waals surface area contributed by atoms with Crippen molar-refractivity contribution in [1.29, 1.82) is 0 Å². The van der Waals surface area contributed by atoms with Gasteiger partial charge >= 0.3 is 0 Å². The number of para-hydroxylation sites is 2. The molecule has 0 bridgehead atoms. The van der Waals surface area contributed by atoms with Gasteiger partial charge in [-0.1, -0.05) is 23.7 Å². The highest BCUT2D eigenvalue weighted by Crippen LogP contribution is 2.27. The molecule has 2 aromatic carbocycles. The number of sulfonamides is 1. The smallest absolute Gasteiger partial charge is 0.245 e. The summed E-state index contributed by atoms with van der Waals surface area (Å²) in [6.07, 6.45) is 0. The van der Waals surface area contributed by atoms with Gasteiger partial charge in [-0.15, -0.1) is 0 Å². The molecule has 2 N–H and O–H groups in total. The highest BCUT2D eigenvalue weighted by molar-refractivity contribution is 7.89. The SMILES string of the molecule is CCOc1ccccc1NC(=O)[C@@H](C)NS(=O)(=O)c1cc(Cl)ccc1OC. The number of carbonyl (C=O) groups excluding carboxylic acids is 1. The second kappa shape index (κ2) is 9.07. The molecule has 0 saturated carbocycles. The Balaban J connectivity index is 2.18. The second-order valence-electron chi connectivity index (χ2n) is 5.56. The first-order chi connectivity index (χ1) is 12.8. The van der Waals surface area contributed by atoms with Crippen LogP contribution in [0.25, 0.3) is 0 Å². The first-order valence-corrected chi connectivity index (χ1v) is 10.0. The van der Waals surface area contributed by atoms with Crippen LogP contribution in [0.15, 0.2) is 47.4 Å². The third kappa shape index (κ3) is 5.35. The summed E-state index contributed by atoms with van der Waals surface area (Å²) >= 11 is 5.89. The molecular weight excluding hydrogens is 392 g/mol. The maximum atomic E-state index is 12.6. The Hall–Kier alpha value is -2.29. The fourth-order valence-corrected chi connectivity index (χ4v) is 3.94. The summed E-state index contributed by atoms with van der Waals surface area (Å²) in [7, 11) is -2.68. The average molecular weight is 413 g/mol. The summed E-state index contributed by atoms with van der Waals surface area (Å²) in [5.74, 6) is 0.0906. The largest absolute Gasteiger partial charge is 0.495 e. The monoisotopic (exact) mass is 412 g/mol. The van der Waals surface area contributed by atoms with Gasteiger partial charge in [-0.2, -0.15) is 4.72 Å². The van der Waals surface area contributed by atoms with E-state index in [1.165, 1.54) is 32.2 Å². The van der Waals surface area contributed by atoms with Crippen molar-refractivity contribution in [3.8, 4) is 11.5 Å². The van der Waals surface area contributed by atoms with Crippen LogP contribution in [0.1, 0.15) is 13.8 Å². The first kappa shape index (κ1) is 21.0. The lowest BCUT2D eigenvalue weighted by Gasteiger charge is -2.17. The summed E-state index contributed by atoms with van der Waals surface area (Å²) in [5.41, 5.74) is 0.454. The zero-order chi connectivity index (χ0) is 20.0. The van der Waals surface area contributed by atoms with Gasteiger partial charge in [-0.05, 0) is 44.2 Å². The van der Waals surface area contributed by atoms with Crippen molar-refractivity contribution >= 4 is 33.2 Å². The maximum absolute atomic E-state index is 12.6. The van der Waals surface area contributed by atoms with E-state index in [4.69, 9.17) is 21.1 Å². The molecule has 0 aliphatic rings. The number of benzene rings is 2. The molecular formula is C18H21ClN2O5S. The van der Waals surface area contributed by atoms with Crippen LogP contribution in [0, 0.1) is 0 Å². The van der Waals surface area contributed by atoms with E-state index >= 15 is 0 Å². The van der Waals surface area contributed by atoms with Crippen LogP contribution in [0.4, 0.5) is 5.69 Å². The molecule has 0 aromatic heterocycles. The minimum absolute atomic E-state index is 0.126. The summed E-state index contributed by atoms with van der Waals surface area (Å²) in [4.78, 5) is 12.3. The lowest BCUT2D eigenvalue weighted by atomic mass is 10.2. The van der Waals surface area contributed by atoms with E-state index in [9.17, 15) is 13.2 Å². The number of ether oxygens (including phenoxy) is 2. The number of nitrogens with one attached hydrogen (secondary N) is 2. The molecule has 0 fully saturated rings. The number of anilines is 1. The highest BCUT2D eigenvalue weighted by Gasteiger charge is 2.25. The average Bonchev–Trinajstić information content (AvgIpc) is 2.63. The van der Waals surface area contributed by atoms with Gasteiger partial charge in [0.1, 0.15) is 16.4 Å². The molecule has 1 atom stereocenters. The predicted octanol–water partition coefficient (Wildman–Crippen LogP) is 3.05. The molecule has 0 spiro atoms. The van der Waals surface area contributed by atoms with Gasteiger partial charge in [0.05, 0.1) is 25.4 Å². The maximum Gasteiger partial charge on any atom is 0.245 e. The molecule has 0 aliphatic carbocycles. The minimum atomic E-state index is -4.03. The molecule has 0 radical (unpaired) electrons. The van der Waals surface area contributed by atoms with E-state index in [0.717, 1.165) is 0 Å². The van der Waals surface area contributed by atoms with Gasteiger partial charge in [-0.25, -0.2) is 8.42 Å². The predicted molar refractivity (Wildman–Crippen MR) is 104 cm³/mol. The van der Waals surface area contributed by atoms with Crippen LogP contribution in [-0.4, -0.2) is 34.1 Å². The van der Waals surface area contributed by atoms with Gasteiger partial charge in [0.2, 0.25) is 15.9 Å². The standard InChI is InChI=1S/C18H21ClN2O5S/c1-4-26-15-8-6-5-7-14(15)20-18(22)12(2)21-27(23,24)17-11-13(19)9-10-16(17)25-3/h5-12,21H,4H2,1-3H3,(H,20,22)/t12-/m1/s1. The zero-order valence-corrected chi connectivity index (χ0v) is 16.7. The zero-order valence-electron chi connectivity index (χ0n) is 15.2. The normalized spacial score (nSPS) is 12.3. The van der Waals surface area contributed by atoms with Crippen molar-refractivity contribution < 1.29 is 22.7 Å². The van der Waals surface area contributed by atoms with Gasteiger partial charge in [0.25, 0.3) is 0 Å². The third-order valence-corrected chi connectivity index (χ3v) is 5.38. The number of halogens is 1. The van der Waals surface area contributed by atoms with Crippen molar-refractivity contribution in [3.63, 3.8) is 0 Å². The summed E-state index contributed by atoms with van der Waals surface area (Å²) in [6.45, 7) is 3.70. The summed E-state index contributed by atoms with van der Waals surface area (Å²) in [6, 6.07) is 10.1. The van der Waals surface area contributed by atoms with Crippen molar-refractivity contribution in [1.82, 2.24) is 4.72 Å². The Kier molecular flexibility index (Phi) is 7.06. The topological polar surface area (TPSA) is 93.7 Å². The summed E-state index contributed by atoms with van der Waals surface area (Å²) < 4.78 is 38.1. The van der Waals surface area contributed by atoms with Gasteiger partial charge in [0.15, 0.2) is 0 Å². The van der Waals surface area contributed by atoms with Crippen LogP contribution in [-0.2, 0) is 14.8 Å². The van der Waals surface area contributed by atoms with Gasteiger partial charge in [0, 0.05) is 5.02 Å². The summed E-state index contributed by atoms with van der Waals surface area (Å²) in [5, 5.41) is 2.90. The fourth-order valence-electron chi connectivity index (χ4n) is 2.30. The number of rotatable bonds is 8. The molecule has 1 amide bonds. The molecule has 9 heteroatoms. The van der Waals surface area contributed by atoms with Gasteiger partial charge in [-0.3, -0.25) is 4.79 Å². The lowest BCUT2D eigenvalue weighted by Crippen LogP contribution is -2.41. The van der Waals surface area contributed by atoms with Crippen LogP contribution in [0.2, 0.25) is 5.02 Å². The van der Waals surface area contributed by atoms with Crippen molar-refractivity contribution in [3.05, 3.63) is 47.5 Å². The van der Waals surface area contributed by atoms with Crippen LogP contribution >= 0.6 is 11.6 Å². The van der Waals surface area contributed by atoms with Gasteiger partial charge < -0.3 is 14.8 Å². The molecule has 27 heavy (non-hydrogen) atoms. The second-order valence-corrected chi connectivity index (χ2v) is 7.68. The van der Waals surface area contributed by atoms with Crippen LogP contribution < -0.4 is 19.5 Å². The van der Waals surface area contributed by atoms with E-state index in [-0.39, 0.29) is 15.7 Å². The Morgan fingerprint density at radius 1 is 1.19 bits per heavy atom. The van der Waals surface area contributed by atoms with E-state index in [0.29, 0.717) is 18.0 Å². The molecule has 0 heterocycles. The Labute approximate surface area is 163 Å². The van der Waals surface area contributed by atoms with Crippen LogP contribution in [0.3, 0.4) is 0 Å². The van der Waals surface area contributed by atoms with E-state index < -0.39 is 22.0 Å². The molecule has 2 aromatic rings. The lowest BCUT2D eigenvalue weighted by molar-refractivity contribution is -0.117. The van der Waals surface area contributed by atoms with Crippen LogP contribution in [0.5, 0.6) is 11.5 Å². The molecule has 0 unspecified atom stereocenters. The molecule has 0 saturated heterocycles. The first-order valence-electron chi connectivity index (χ1n) is 8.17. The van der Waals surface area contributed by atoms with E-state index in [1.807, 2.05) is 6.92 Å². The van der Waals surface area contributed by atoms with Crippen molar-refractivity contribution in [2.75, 3.05) is 19.0 Å². The fraction of sp³-hybridized carbons (Fsp3) is 0.278. The van der Waals surface area contributed by atoms with E-state index in [1.54, 1.807) is 24.3 Å². The number of carbonyl (C=O) groups is 1. The van der Waals surface area contributed by atoms with E-state index in [2.05, 4.69) is 10.0 Å². The number of amides is 1. The van der Waals surface area contributed by atoms with Crippen molar-refractivity contribution in [2.45, 2.75) is 24.8 Å². The third-order valence-electron chi connectivity index (χ3n) is 3.59.